The minimum Gasteiger partial charge on any atom is -0.497 e. The summed E-state index contributed by atoms with van der Waals surface area (Å²) in [7, 11) is 3.46. The molecule has 4 rings (SSSR count). The molecule has 3 nitrogen and oxygen atoms in total. The first-order valence-corrected chi connectivity index (χ1v) is 9.01. The van der Waals surface area contributed by atoms with Crippen molar-refractivity contribution in [2.75, 3.05) is 14.2 Å². The van der Waals surface area contributed by atoms with Crippen LogP contribution in [0.5, 0.6) is 11.5 Å². The van der Waals surface area contributed by atoms with Crippen LogP contribution in [0.2, 0.25) is 0 Å². The average molecular weight is 335 g/mol. The van der Waals surface area contributed by atoms with Gasteiger partial charge in [-0.05, 0) is 48.6 Å². The predicted octanol–water partition coefficient (Wildman–Crippen LogP) is 4.52. The van der Waals surface area contributed by atoms with Crippen LogP contribution in [0.1, 0.15) is 30.4 Å². The zero-order valence-corrected chi connectivity index (χ0v) is 14.9. The maximum Gasteiger partial charge on any atom is 0.126 e. The van der Waals surface area contributed by atoms with Crippen molar-refractivity contribution in [3.63, 3.8) is 0 Å². The molecule has 0 spiro atoms. The van der Waals surface area contributed by atoms with Crippen molar-refractivity contribution in [1.82, 2.24) is 4.90 Å². The zero-order chi connectivity index (χ0) is 17.2. The van der Waals surface area contributed by atoms with Gasteiger partial charge in [0.1, 0.15) is 11.5 Å². The first-order chi connectivity index (χ1) is 12.3. The summed E-state index contributed by atoms with van der Waals surface area (Å²) >= 11 is 0. The molecular formula is C22H25NO2. The molecule has 2 unspecified atom stereocenters. The number of rotatable bonds is 5. The molecular weight excluding hydrogens is 310 g/mol. The second-order valence-electron chi connectivity index (χ2n) is 6.92. The van der Waals surface area contributed by atoms with E-state index in [1.165, 1.54) is 29.5 Å². The SMILES string of the molecule is COc1ccc(OC)c(C2=CC3CCC(C2)N3Cc2ccccc2)c1. The largest absolute Gasteiger partial charge is 0.497 e. The van der Waals surface area contributed by atoms with Gasteiger partial charge in [-0.25, -0.2) is 0 Å². The van der Waals surface area contributed by atoms with Gasteiger partial charge in [0, 0.05) is 24.2 Å². The van der Waals surface area contributed by atoms with Crippen molar-refractivity contribution in [2.24, 2.45) is 0 Å². The molecule has 0 radical (unpaired) electrons. The molecule has 1 saturated heterocycles. The molecule has 2 aromatic rings. The van der Waals surface area contributed by atoms with Gasteiger partial charge in [0.15, 0.2) is 0 Å². The molecule has 0 saturated carbocycles. The molecule has 2 aromatic carbocycles. The van der Waals surface area contributed by atoms with Gasteiger partial charge in [0.2, 0.25) is 0 Å². The Morgan fingerprint density at radius 1 is 1.00 bits per heavy atom. The maximum absolute atomic E-state index is 5.60. The van der Waals surface area contributed by atoms with Crippen LogP contribution in [0.4, 0.5) is 0 Å². The van der Waals surface area contributed by atoms with E-state index in [2.05, 4.69) is 47.4 Å². The molecule has 1 fully saturated rings. The van der Waals surface area contributed by atoms with Crippen molar-refractivity contribution >= 4 is 5.57 Å². The molecule has 0 aliphatic carbocycles. The minimum absolute atomic E-state index is 0.518. The summed E-state index contributed by atoms with van der Waals surface area (Å²) in [6.07, 6.45) is 6.04. The molecule has 25 heavy (non-hydrogen) atoms. The number of benzene rings is 2. The lowest BCUT2D eigenvalue weighted by molar-refractivity contribution is 0.203. The topological polar surface area (TPSA) is 21.7 Å². The zero-order valence-electron chi connectivity index (χ0n) is 14.9. The number of fused-ring (bicyclic) bond motifs is 2. The highest BCUT2D eigenvalue weighted by atomic mass is 16.5. The van der Waals surface area contributed by atoms with Gasteiger partial charge in [0.05, 0.1) is 14.2 Å². The van der Waals surface area contributed by atoms with E-state index < -0.39 is 0 Å². The van der Waals surface area contributed by atoms with Crippen LogP contribution in [0.25, 0.3) is 5.57 Å². The number of hydrogen-bond donors (Lipinski definition) is 0. The van der Waals surface area contributed by atoms with Gasteiger partial charge in [-0.3, -0.25) is 4.90 Å². The fraction of sp³-hybridized carbons (Fsp3) is 0.364. The first-order valence-electron chi connectivity index (χ1n) is 9.01. The lowest BCUT2D eigenvalue weighted by Gasteiger charge is -2.34. The monoisotopic (exact) mass is 335 g/mol. The third-order valence-corrected chi connectivity index (χ3v) is 5.50. The Balaban J connectivity index is 1.61. The second kappa shape index (κ2) is 6.93. The molecule has 2 aliphatic rings. The Hall–Kier alpha value is -2.26. The van der Waals surface area contributed by atoms with Crippen LogP contribution in [0.15, 0.2) is 54.6 Å². The smallest absolute Gasteiger partial charge is 0.126 e. The number of methoxy groups -OCH3 is 2. The Morgan fingerprint density at radius 2 is 1.84 bits per heavy atom. The normalized spacial score (nSPS) is 22.6. The van der Waals surface area contributed by atoms with Gasteiger partial charge >= 0.3 is 0 Å². The third kappa shape index (κ3) is 3.16. The summed E-state index contributed by atoms with van der Waals surface area (Å²) in [6, 6.07) is 18.0. The van der Waals surface area contributed by atoms with Crippen molar-refractivity contribution in [1.29, 1.82) is 0 Å². The van der Waals surface area contributed by atoms with Crippen LogP contribution in [0, 0.1) is 0 Å². The van der Waals surface area contributed by atoms with Crippen molar-refractivity contribution < 1.29 is 9.47 Å². The van der Waals surface area contributed by atoms with E-state index in [0.717, 1.165) is 24.5 Å². The molecule has 2 atom stereocenters. The van der Waals surface area contributed by atoms with Crippen molar-refractivity contribution in [2.45, 2.75) is 37.9 Å². The number of hydrogen-bond acceptors (Lipinski definition) is 3. The van der Waals surface area contributed by atoms with Gasteiger partial charge in [0.25, 0.3) is 0 Å². The Morgan fingerprint density at radius 3 is 2.56 bits per heavy atom. The Kier molecular flexibility index (Phi) is 4.50. The van der Waals surface area contributed by atoms with E-state index in [4.69, 9.17) is 9.47 Å². The standard InChI is InChI=1S/C22H25NO2/c1-24-20-10-11-22(25-2)21(14-20)17-12-18-8-9-19(13-17)23(18)15-16-6-4-3-5-7-16/h3-7,10-12,14,18-19H,8-9,13,15H2,1-2H3. The van der Waals surface area contributed by atoms with Crippen molar-refractivity contribution in [3.05, 3.63) is 65.7 Å². The van der Waals surface area contributed by atoms with Crippen LogP contribution in [0.3, 0.4) is 0 Å². The van der Waals surface area contributed by atoms with Crippen LogP contribution >= 0.6 is 0 Å². The van der Waals surface area contributed by atoms with Gasteiger partial charge < -0.3 is 9.47 Å². The number of ether oxygens (including phenoxy) is 2. The lowest BCUT2D eigenvalue weighted by atomic mass is 9.93. The summed E-state index contributed by atoms with van der Waals surface area (Å²) < 4.78 is 11.0. The van der Waals surface area contributed by atoms with Crippen LogP contribution in [-0.2, 0) is 6.54 Å². The van der Waals surface area contributed by atoms with E-state index in [0.29, 0.717) is 12.1 Å². The predicted molar refractivity (Wildman–Crippen MR) is 101 cm³/mol. The molecule has 3 heteroatoms. The van der Waals surface area contributed by atoms with E-state index in [1.807, 2.05) is 12.1 Å². The quantitative estimate of drug-likeness (QED) is 0.801. The molecule has 0 aromatic heterocycles. The van der Waals surface area contributed by atoms with E-state index >= 15 is 0 Å². The van der Waals surface area contributed by atoms with Crippen molar-refractivity contribution in [3.8, 4) is 11.5 Å². The van der Waals surface area contributed by atoms with Crippen LogP contribution < -0.4 is 9.47 Å². The second-order valence-corrected chi connectivity index (χ2v) is 6.92. The Bertz CT molecular complexity index is 769. The fourth-order valence-corrected chi connectivity index (χ4v) is 4.22. The van der Waals surface area contributed by atoms with Gasteiger partial charge in [-0.2, -0.15) is 0 Å². The highest BCUT2D eigenvalue weighted by molar-refractivity contribution is 5.73. The summed E-state index contributed by atoms with van der Waals surface area (Å²) in [5.74, 6) is 1.82. The third-order valence-electron chi connectivity index (χ3n) is 5.50. The Labute approximate surface area is 149 Å². The molecule has 2 bridgehead atoms. The molecule has 130 valence electrons. The average Bonchev–Trinajstić information content (AvgIpc) is 2.90. The molecule has 2 heterocycles. The fourth-order valence-electron chi connectivity index (χ4n) is 4.22. The maximum atomic E-state index is 5.60. The summed E-state index contributed by atoms with van der Waals surface area (Å²) in [5, 5.41) is 0. The van der Waals surface area contributed by atoms with E-state index in [-0.39, 0.29) is 0 Å². The minimum atomic E-state index is 0.518. The van der Waals surface area contributed by atoms with Crippen LogP contribution in [-0.4, -0.2) is 31.2 Å². The highest BCUT2D eigenvalue weighted by Crippen LogP contribution is 2.42. The van der Waals surface area contributed by atoms with Gasteiger partial charge in [-0.1, -0.05) is 36.4 Å². The van der Waals surface area contributed by atoms with Gasteiger partial charge in [-0.15, -0.1) is 0 Å². The molecule has 0 amide bonds. The molecule has 0 N–H and O–H groups in total. The summed E-state index contributed by atoms with van der Waals surface area (Å²) in [4.78, 5) is 2.66. The highest BCUT2D eigenvalue weighted by Gasteiger charge is 2.37. The lowest BCUT2D eigenvalue weighted by Crippen LogP contribution is -2.37. The first kappa shape index (κ1) is 16.2. The summed E-state index contributed by atoms with van der Waals surface area (Å²) in [6.45, 7) is 1.04. The van der Waals surface area contributed by atoms with E-state index in [9.17, 15) is 0 Å². The summed E-state index contributed by atoms with van der Waals surface area (Å²) in [5.41, 5.74) is 3.97. The van der Waals surface area contributed by atoms with E-state index in [1.54, 1.807) is 14.2 Å². The number of nitrogens with zero attached hydrogens (tertiary/aromatic N) is 1. The molecule has 2 aliphatic heterocycles.